The maximum Gasteiger partial charge on any atom is 0.306 e. The van der Waals surface area contributed by atoms with Crippen LogP contribution in [0.2, 0.25) is 0 Å². The number of rotatable bonds is 42. The van der Waals surface area contributed by atoms with E-state index >= 15 is 0 Å². The molecule has 0 aliphatic carbocycles. The number of carbonyl (C=O) groups is 3. The zero-order valence-electron chi connectivity index (χ0n) is 36.4. The Hall–Kier alpha value is -2.37. The first-order chi connectivity index (χ1) is 27.0. The van der Waals surface area contributed by atoms with Gasteiger partial charge in [0.05, 0.1) is 0 Å². The van der Waals surface area contributed by atoms with Gasteiger partial charge in [-0.05, 0) is 51.4 Å². The van der Waals surface area contributed by atoms with Crippen molar-refractivity contribution in [3.63, 3.8) is 0 Å². The number of hydrogen-bond acceptors (Lipinski definition) is 6. The number of hydrogen-bond donors (Lipinski definition) is 0. The molecule has 0 rings (SSSR count). The molecule has 320 valence electrons. The van der Waals surface area contributed by atoms with Crippen LogP contribution in [0.5, 0.6) is 0 Å². The molecule has 0 spiro atoms. The highest BCUT2D eigenvalue weighted by molar-refractivity contribution is 5.71. The predicted molar refractivity (Wildman–Crippen MR) is 233 cm³/mol. The Morgan fingerprint density at radius 1 is 0.382 bits per heavy atom. The van der Waals surface area contributed by atoms with Crippen LogP contribution in [0.3, 0.4) is 0 Å². The molecule has 0 aromatic heterocycles. The van der Waals surface area contributed by atoms with Crippen LogP contribution >= 0.6 is 0 Å². The Morgan fingerprint density at radius 3 is 1.11 bits per heavy atom. The van der Waals surface area contributed by atoms with Crippen molar-refractivity contribution < 1.29 is 28.6 Å². The standard InChI is InChI=1S/C49H88O6/c1-4-7-10-13-16-19-21-23-24-25-26-28-30-33-36-39-42-48(51)54-45-46(44-53-47(50)41-38-35-32-29-18-15-12-9-6-3)55-49(52)43-40-37-34-31-27-22-20-17-14-11-8-5-2/h8,11,17,20,27,31,46H,4-7,9-10,12-16,18-19,21-26,28-30,32-45H2,1-3H3/b11-8-,20-17-,31-27-. The van der Waals surface area contributed by atoms with E-state index in [0.29, 0.717) is 19.3 Å². The van der Waals surface area contributed by atoms with Crippen molar-refractivity contribution in [2.24, 2.45) is 0 Å². The summed E-state index contributed by atoms with van der Waals surface area (Å²) in [7, 11) is 0. The summed E-state index contributed by atoms with van der Waals surface area (Å²) in [5, 5.41) is 0. The Morgan fingerprint density at radius 2 is 0.709 bits per heavy atom. The molecule has 0 aliphatic heterocycles. The second kappa shape index (κ2) is 44.3. The summed E-state index contributed by atoms with van der Waals surface area (Å²) in [4.78, 5) is 37.7. The first kappa shape index (κ1) is 52.6. The van der Waals surface area contributed by atoms with Crippen LogP contribution in [-0.2, 0) is 28.6 Å². The van der Waals surface area contributed by atoms with Gasteiger partial charge in [0.1, 0.15) is 13.2 Å². The molecule has 0 aromatic rings. The van der Waals surface area contributed by atoms with E-state index in [1.54, 1.807) is 0 Å². The van der Waals surface area contributed by atoms with Gasteiger partial charge in [-0.3, -0.25) is 14.4 Å². The van der Waals surface area contributed by atoms with Crippen LogP contribution in [0.1, 0.15) is 239 Å². The van der Waals surface area contributed by atoms with Gasteiger partial charge in [-0.25, -0.2) is 0 Å². The van der Waals surface area contributed by atoms with E-state index in [-0.39, 0.29) is 37.5 Å². The lowest BCUT2D eigenvalue weighted by molar-refractivity contribution is -0.167. The minimum absolute atomic E-state index is 0.0841. The van der Waals surface area contributed by atoms with Gasteiger partial charge in [-0.1, -0.05) is 205 Å². The van der Waals surface area contributed by atoms with E-state index in [2.05, 4.69) is 57.2 Å². The molecule has 0 N–H and O–H groups in total. The summed E-state index contributed by atoms with van der Waals surface area (Å²) in [6, 6.07) is 0. The van der Waals surface area contributed by atoms with Crippen molar-refractivity contribution in [3.8, 4) is 0 Å². The molecule has 1 unspecified atom stereocenters. The van der Waals surface area contributed by atoms with E-state index in [9.17, 15) is 14.4 Å². The second-order valence-electron chi connectivity index (χ2n) is 15.6. The summed E-state index contributed by atoms with van der Waals surface area (Å²) in [6.07, 6.45) is 49.9. The fourth-order valence-electron chi connectivity index (χ4n) is 6.63. The SMILES string of the molecule is CC/C=C\C/C=C\C/C=C\CCCCC(=O)OC(COC(=O)CCCCCCCCCCC)COC(=O)CCCCCCCCCCCCCCCCCC. The van der Waals surface area contributed by atoms with Gasteiger partial charge in [-0.2, -0.15) is 0 Å². The molecule has 0 aromatic carbocycles. The second-order valence-corrected chi connectivity index (χ2v) is 15.6. The Bertz CT molecular complexity index is 938. The average molecular weight is 773 g/mol. The highest BCUT2D eigenvalue weighted by Gasteiger charge is 2.19. The Balaban J connectivity index is 4.34. The Kier molecular flexibility index (Phi) is 42.4. The van der Waals surface area contributed by atoms with Crippen LogP contribution < -0.4 is 0 Å². The van der Waals surface area contributed by atoms with Crippen molar-refractivity contribution in [2.75, 3.05) is 13.2 Å². The van der Waals surface area contributed by atoms with Crippen LogP contribution in [0.25, 0.3) is 0 Å². The number of unbranched alkanes of at least 4 members (excludes halogenated alkanes) is 25. The van der Waals surface area contributed by atoms with Gasteiger partial charge in [0.15, 0.2) is 6.10 Å². The summed E-state index contributed by atoms with van der Waals surface area (Å²) < 4.78 is 16.7. The van der Waals surface area contributed by atoms with Gasteiger partial charge < -0.3 is 14.2 Å². The molecule has 6 heteroatoms. The first-order valence-corrected chi connectivity index (χ1v) is 23.5. The van der Waals surface area contributed by atoms with Crippen molar-refractivity contribution >= 4 is 17.9 Å². The zero-order valence-corrected chi connectivity index (χ0v) is 36.4. The first-order valence-electron chi connectivity index (χ1n) is 23.5. The highest BCUT2D eigenvalue weighted by Crippen LogP contribution is 2.15. The number of esters is 3. The fraction of sp³-hybridized carbons (Fsp3) is 0.816. The Labute approximate surface area is 340 Å². The minimum Gasteiger partial charge on any atom is -0.462 e. The molecule has 0 amide bonds. The molecule has 0 fully saturated rings. The molecule has 6 nitrogen and oxygen atoms in total. The lowest BCUT2D eigenvalue weighted by atomic mass is 10.0. The van der Waals surface area contributed by atoms with E-state index in [1.165, 1.54) is 122 Å². The molecule has 55 heavy (non-hydrogen) atoms. The molecule has 0 radical (unpaired) electrons. The van der Waals surface area contributed by atoms with E-state index in [1.807, 2.05) is 0 Å². The monoisotopic (exact) mass is 773 g/mol. The largest absolute Gasteiger partial charge is 0.462 e. The summed E-state index contributed by atoms with van der Waals surface area (Å²) in [5.74, 6) is -0.921. The van der Waals surface area contributed by atoms with E-state index in [4.69, 9.17) is 14.2 Å². The molecular weight excluding hydrogens is 685 g/mol. The van der Waals surface area contributed by atoms with Gasteiger partial charge in [0.2, 0.25) is 0 Å². The van der Waals surface area contributed by atoms with Crippen molar-refractivity contribution in [3.05, 3.63) is 36.5 Å². The molecule has 0 heterocycles. The van der Waals surface area contributed by atoms with Crippen LogP contribution in [-0.4, -0.2) is 37.2 Å². The van der Waals surface area contributed by atoms with Crippen LogP contribution in [0.15, 0.2) is 36.5 Å². The van der Waals surface area contributed by atoms with Crippen molar-refractivity contribution in [2.45, 2.75) is 245 Å². The quantitative estimate of drug-likeness (QED) is 0.0266. The molecule has 0 aliphatic rings. The molecular formula is C49H88O6. The van der Waals surface area contributed by atoms with Crippen LogP contribution in [0, 0.1) is 0 Å². The maximum atomic E-state index is 12.7. The molecule has 0 saturated carbocycles. The number of allylic oxidation sites excluding steroid dienone is 6. The molecule has 0 bridgehead atoms. The topological polar surface area (TPSA) is 78.9 Å². The average Bonchev–Trinajstić information content (AvgIpc) is 3.18. The maximum absolute atomic E-state index is 12.7. The van der Waals surface area contributed by atoms with Crippen molar-refractivity contribution in [1.29, 1.82) is 0 Å². The van der Waals surface area contributed by atoms with Gasteiger partial charge in [-0.15, -0.1) is 0 Å². The fourth-order valence-corrected chi connectivity index (χ4v) is 6.63. The van der Waals surface area contributed by atoms with Gasteiger partial charge >= 0.3 is 17.9 Å². The molecule has 0 saturated heterocycles. The smallest absolute Gasteiger partial charge is 0.306 e. The zero-order chi connectivity index (χ0) is 40.1. The summed E-state index contributed by atoms with van der Waals surface area (Å²) in [5.41, 5.74) is 0. The van der Waals surface area contributed by atoms with Crippen LogP contribution in [0.4, 0.5) is 0 Å². The molecule has 1 atom stereocenters. The third-order valence-corrected chi connectivity index (χ3v) is 10.2. The normalized spacial score (nSPS) is 12.3. The number of ether oxygens (including phenoxy) is 3. The summed E-state index contributed by atoms with van der Waals surface area (Å²) in [6.45, 7) is 6.47. The predicted octanol–water partition coefficient (Wildman–Crippen LogP) is 15.0. The van der Waals surface area contributed by atoms with Gasteiger partial charge in [0, 0.05) is 19.3 Å². The van der Waals surface area contributed by atoms with E-state index < -0.39 is 6.10 Å². The lowest BCUT2D eigenvalue weighted by Crippen LogP contribution is -2.30. The third kappa shape index (κ3) is 42.6. The highest BCUT2D eigenvalue weighted by atomic mass is 16.6. The van der Waals surface area contributed by atoms with Gasteiger partial charge in [0.25, 0.3) is 0 Å². The third-order valence-electron chi connectivity index (χ3n) is 10.2. The van der Waals surface area contributed by atoms with E-state index in [0.717, 1.165) is 70.6 Å². The lowest BCUT2D eigenvalue weighted by Gasteiger charge is -2.18. The van der Waals surface area contributed by atoms with Crippen molar-refractivity contribution in [1.82, 2.24) is 0 Å². The number of carbonyl (C=O) groups excluding carboxylic acids is 3. The summed E-state index contributed by atoms with van der Waals surface area (Å²) >= 11 is 0. The minimum atomic E-state index is -0.784.